The number of thioether (sulfide) groups is 1. The lowest BCUT2D eigenvalue weighted by atomic mass is 10.0. The van der Waals surface area contributed by atoms with Crippen LogP contribution in [0.15, 0.2) is 0 Å². The van der Waals surface area contributed by atoms with Gasteiger partial charge in [-0.1, -0.05) is 6.42 Å². The van der Waals surface area contributed by atoms with Gasteiger partial charge >= 0.3 is 0 Å². The van der Waals surface area contributed by atoms with E-state index in [1.807, 2.05) is 0 Å². The highest BCUT2D eigenvalue weighted by molar-refractivity contribution is 7.99. The average Bonchev–Trinajstić information content (AvgIpc) is 2.20. The molecule has 1 fully saturated rings. The van der Waals surface area contributed by atoms with Crippen LogP contribution in [0.3, 0.4) is 0 Å². The number of hydrogen-bond donors (Lipinski definition) is 1. The van der Waals surface area contributed by atoms with E-state index in [9.17, 15) is 0 Å². The molecule has 0 bridgehead atoms. The van der Waals surface area contributed by atoms with Crippen LogP contribution in [0.25, 0.3) is 0 Å². The van der Waals surface area contributed by atoms with Gasteiger partial charge in [0.15, 0.2) is 0 Å². The minimum absolute atomic E-state index is 0.370. The molecule has 2 N–H and O–H groups in total. The molecule has 2 nitrogen and oxygen atoms in total. The third kappa shape index (κ3) is 5.79. The second-order valence-electron chi connectivity index (χ2n) is 4.80. The Balaban J connectivity index is 1.99. The number of nitrogens with zero attached hydrogens (tertiary/aromatic N) is 1. The summed E-state index contributed by atoms with van der Waals surface area (Å²) in [5, 5.41) is 0. The summed E-state index contributed by atoms with van der Waals surface area (Å²) in [4.78, 5) is 2.54. The van der Waals surface area contributed by atoms with Crippen molar-refractivity contribution in [3.63, 3.8) is 0 Å². The van der Waals surface area contributed by atoms with Gasteiger partial charge in [0.25, 0.3) is 0 Å². The molecule has 90 valence electrons. The molecule has 1 aliphatic rings. The molecule has 1 rings (SSSR count). The molecule has 0 aromatic carbocycles. The minimum Gasteiger partial charge on any atom is -0.328 e. The summed E-state index contributed by atoms with van der Waals surface area (Å²) in [5.41, 5.74) is 5.72. The average molecular weight is 230 g/mol. The molecule has 0 aromatic rings. The Morgan fingerprint density at radius 2 is 2.20 bits per heavy atom. The lowest BCUT2D eigenvalue weighted by Crippen LogP contribution is -2.36. The molecule has 1 saturated heterocycles. The van der Waals surface area contributed by atoms with Crippen LogP contribution in [0, 0.1) is 0 Å². The van der Waals surface area contributed by atoms with Crippen molar-refractivity contribution in [3.8, 4) is 0 Å². The van der Waals surface area contributed by atoms with Crippen LogP contribution in [0.1, 0.15) is 39.0 Å². The molecule has 1 heterocycles. The first-order valence-corrected chi connectivity index (χ1v) is 7.39. The van der Waals surface area contributed by atoms with Gasteiger partial charge in [-0.15, -0.1) is 0 Å². The Morgan fingerprint density at radius 1 is 1.40 bits per heavy atom. The Bertz CT molecular complexity index is 162. The van der Waals surface area contributed by atoms with Crippen LogP contribution in [0.5, 0.6) is 0 Å². The standard InChI is InChI=1S/C12H26N2S/c1-11(13)6-9-15-10-7-12-5-3-4-8-14(12)2/h11-12H,3-10,13H2,1-2H3. The lowest BCUT2D eigenvalue weighted by molar-refractivity contribution is 0.182. The van der Waals surface area contributed by atoms with E-state index in [1.165, 1.54) is 43.7 Å². The largest absolute Gasteiger partial charge is 0.328 e. The third-order valence-corrected chi connectivity index (χ3v) is 4.28. The first-order valence-electron chi connectivity index (χ1n) is 6.23. The lowest BCUT2D eigenvalue weighted by Gasteiger charge is -2.32. The number of nitrogens with two attached hydrogens (primary N) is 1. The van der Waals surface area contributed by atoms with Crippen LogP contribution >= 0.6 is 11.8 Å². The first-order chi connectivity index (χ1) is 7.20. The highest BCUT2D eigenvalue weighted by atomic mass is 32.2. The topological polar surface area (TPSA) is 29.3 Å². The fourth-order valence-electron chi connectivity index (χ4n) is 2.10. The zero-order valence-corrected chi connectivity index (χ0v) is 11.1. The Hall–Kier alpha value is 0.270. The molecule has 3 heteroatoms. The van der Waals surface area contributed by atoms with Crippen LogP contribution in [0.2, 0.25) is 0 Å². The number of hydrogen-bond acceptors (Lipinski definition) is 3. The summed E-state index contributed by atoms with van der Waals surface area (Å²) in [6.45, 7) is 3.39. The number of likely N-dealkylation sites (tertiary alicyclic amines) is 1. The zero-order valence-electron chi connectivity index (χ0n) is 10.2. The highest BCUT2D eigenvalue weighted by Crippen LogP contribution is 2.19. The Morgan fingerprint density at radius 3 is 2.87 bits per heavy atom. The molecular formula is C12H26N2S. The summed E-state index contributed by atoms with van der Waals surface area (Å²) >= 11 is 2.07. The van der Waals surface area contributed by atoms with Crippen LogP contribution in [-0.2, 0) is 0 Å². The Kier molecular flexibility index (Phi) is 6.69. The number of rotatable bonds is 6. The maximum absolute atomic E-state index is 5.72. The van der Waals surface area contributed by atoms with Gasteiger partial charge in [-0.05, 0) is 57.7 Å². The SMILES string of the molecule is CC(N)CCSCCC1CCCCN1C. The molecule has 15 heavy (non-hydrogen) atoms. The van der Waals surface area contributed by atoms with Crippen LogP contribution in [-0.4, -0.2) is 42.1 Å². The fraction of sp³-hybridized carbons (Fsp3) is 1.00. The van der Waals surface area contributed by atoms with E-state index in [0.717, 1.165) is 12.5 Å². The quantitative estimate of drug-likeness (QED) is 0.710. The van der Waals surface area contributed by atoms with Crippen LogP contribution < -0.4 is 5.73 Å². The van der Waals surface area contributed by atoms with Gasteiger partial charge in [-0.2, -0.15) is 11.8 Å². The fourth-order valence-corrected chi connectivity index (χ4v) is 3.28. The van der Waals surface area contributed by atoms with Crippen molar-refractivity contribution in [1.29, 1.82) is 0 Å². The summed E-state index contributed by atoms with van der Waals surface area (Å²) in [7, 11) is 2.27. The number of piperidine rings is 1. The van der Waals surface area contributed by atoms with Crippen molar-refractivity contribution in [2.45, 2.75) is 51.1 Å². The first kappa shape index (κ1) is 13.3. The predicted molar refractivity (Wildman–Crippen MR) is 70.5 cm³/mol. The van der Waals surface area contributed by atoms with Gasteiger partial charge in [-0.25, -0.2) is 0 Å². The van der Waals surface area contributed by atoms with Gasteiger partial charge < -0.3 is 10.6 Å². The van der Waals surface area contributed by atoms with Crippen molar-refractivity contribution in [3.05, 3.63) is 0 Å². The second-order valence-corrected chi connectivity index (χ2v) is 6.02. The molecule has 0 spiro atoms. The summed E-state index contributed by atoms with van der Waals surface area (Å²) < 4.78 is 0. The monoisotopic (exact) mass is 230 g/mol. The van der Waals surface area contributed by atoms with E-state index in [0.29, 0.717) is 6.04 Å². The van der Waals surface area contributed by atoms with Crippen molar-refractivity contribution in [2.75, 3.05) is 25.1 Å². The predicted octanol–water partition coefficient (Wildman–Crippen LogP) is 2.33. The molecule has 0 saturated carbocycles. The summed E-state index contributed by atoms with van der Waals surface area (Å²) in [6.07, 6.45) is 6.75. The maximum atomic E-state index is 5.72. The second kappa shape index (κ2) is 7.53. The Labute approximate surface area is 99.0 Å². The third-order valence-electron chi connectivity index (χ3n) is 3.23. The van der Waals surface area contributed by atoms with Crippen molar-refractivity contribution in [1.82, 2.24) is 4.90 Å². The van der Waals surface area contributed by atoms with Gasteiger partial charge in [-0.3, -0.25) is 0 Å². The van der Waals surface area contributed by atoms with Crippen molar-refractivity contribution < 1.29 is 0 Å². The van der Waals surface area contributed by atoms with Gasteiger partial charge in [0.05, 0.1) is 0 Å². The molecule has 1 aliphatic heterocycles. The van der Waals surface area contributed by atoms with Crippen molar-refractivity contribution in [2.24, 2.45) is 5.73 Å². The van der Waals surface area contributed by atoms with E-state index < -0.39 is 0 Å². The summed E-state index contributed by atoms with van der Waals surface area (Å²) in [6, 6.07) is 1.22. The van der Waals surface area contributed by atoms with Gasteiger partial charge in [0.1, 0.15) is 0 Å². The zero-order chi connectivity index (χ0) is 11.1. The summed E-state index contributed by atoms with van der Waals surface area (Å²) in [5.74, 6) is 2.54. The van der Waals surface area contributed by atoms with Crippen LogP contribution in [0.4, 0.5) is 0 Å². The smallest absolute Gasteiger partial charge is 0.0100 e. The maximum Gasteiger partial charge on any atom is 0.0100 e. The van der Waals surface area contributed by atoms with E-state index in [1.54, 1.807) is 0 Å². The molecule has 0 amide bonds. The molecule has 0 aromatic heterocycles. The van der Waals surface area contributed by atoms with E-state index in [-0.39, 0.29) is 0 Å². The molecule has 2 atom stereocenters. The molecule has 0 aliphatic carbocycles. The van der Waals surface area contributed by atoms with Gasteiger partial charge in [0, 0.05) is 12.1 Å². The van der Waals surface area contributed by atoms with Gasteiger partial charge in [0.2, 0.25) is 0 Å². The van der Waals surface area contributed by atoms with E-state index in [4.69, 9.17) is 5.73 Å². The normalized spacial score (nSPS) is 25.4. The molecular weight excluding hydrogens is 204 g/mol. The highest BCUT2D eigenvalue weighted by Gasteiger charge is 2.17. The minimum atomic E-state index is 0.370. The molecule has 0 radical (unpaired) electrons. The van der Waals surface area contributed by atoms with Crippen molar-refractivity contribution >= 4 is 11.8 Å². The molecule has 2 unspecified atom stereocenters. The van der Waals surface area contributed by atoms with E-state index >= 15 is 0 Å². The van der Waals surface area contributed by atoms with E-state index in [2.05, 4.69) is 30.6 Å².